The van der Waals surface area contributed by atoms with Crippen LogP contribution in [0.15, 0.2) is 40.8 Å². The van der Waals surface area contributed by atoms with E-state index in [1.807, 2.05) is 37.3 Å². The Morgan fingerprint density at radius 3 is 2.78 bits per heavy atom. The molecule has 3 nitrogen and oxygen atoms in total. The topological polar surface area (TPSA) is 52.0 Å². The van der Waals surface area contributed by atoms with Gasteiger partial charge in [0.1, 0.15) is 5.52 Å². The van der Waals surface area contributed by atoms with Crippen LogP contribution in [0.3, 0.4) is 0 Å². The number of hydrogen-bond acceptors (Lipinski definition) is 3. The van der Waals surface area contributed by atoms with Crippen LogP contribution in [0.4, 0.5) is 5.69 Å². The van der Waals surface area contributed by atoms with E-state index >= 15 is 0 Å². The van der Waals surface area contributed by atoms with E-state index in [0.717, 1.165) is 22.3 Å². The Bertz CT molecular complexity index is 734. The number of nitrogen functional groups attached to an aromatic ring is 1. The number of nitrogens with two attached hydrogens (primary N) is 1. The molecule has 0 bridgehead atoms. The fourth-order valence-electron chi connectivity index (χ4n) is 1.81. The minimum Gasteiger partial charge on any atom is -0.435 e. The molecule has 0 atom stereocenters. The predicted octanol–water partition coefficient (Wildman–Crippen LogP) is 4.04. The first-order valence-corrected chi connectivity index (χ1v) is 5.94. The van der Waals surface area contributed by atoms with Crippen molar-refractivity contribution in [2.24, 2.45) is 0 Å². The van der Waals surface area contributed by atoms with Crippen LogP contribution >= 0.6 is 11.6 Å². The first-order valence-electron chi connectivity index (χ1n) is 5.57. The van der Waals surface area contributed by atoms with E-state index in [9.17, 15) is 0 Å². The second-order valence-corrected chi connectivity index (χ2v) is 4.59. The molecule has 0 saturated carbocycles. The zero-order valence-corrected chi connectivity index (χ0v) is 10.5. The van der Waals surface area contributed by atoms with Gasteiger partial charge in [-0.25, -0.2) is 4.98 Å². The molecule has 0 unspecified atom stereocenters. The average molecular weight is 259 g/mol. The Morgan fingerprint density at radius 2 is 2.06 bits per heavy atom. The number of para-hydroxylation sites is 1. The van der Waals surface area contributed by atoms with Gasteiger partial charge >= 0.3 is 0 Å². The van der Waals surface area contributed by atoms with Gasteiger partial charge in [0.25, 0.3) is 0 Å². The molecule has 0 fully saturated rings. The maximum absolute atomic E-state index is 6.06. The van der Waals surface area contributed by atoms with Crippen molar-refractivity contribution in [2.45, 2.75) is 6.92 Å². The molecule has 2 aromatic carbocycles. The number of aryl methyl sites for hydroxylation is 1. The Kier molecular flexibility index (Phi) is 2.49. The number of benzene rings is 2. The van der Waals surface area contributed by atoms with E-state index in [2.05, 4.69) is 4.98 Å². The summed E-state index contributed by atoms with van der Waals surface area (Å²) in [5, 5.41) is 0.561. The van der Waals surface area contributed by atoms with Crippen LogP contribution in [0.5, 0.6) is 0 Å². The molecule has 0 aliphatic rings. The summed E-state index contributed by atoms with van der Waals surface area (Å²) < 4.78 is 5.68. The lowest BCUT2D eigenvalue weighted by Crippen LogP contribution is -1.89. The summed E-state index contributed by atoms with van der Waals surface area (Å²) in [4.78, 5) is 4.41. The molecule has 4 heteroatoms. The molecule has 90 valence electrons. The van der Waals surface area contributed by atoms with Crippen molar-refractivity contribution in [3.63, 3.8) is 0 Å². The van der Waals surface area contributed by atoms with Gasteiger partial charge in [-0.15, -0.1) is 0 Å². The van der Waals surface area contributed by atoms with E-state index in [1.165, 1.54) is 0 Å². The number of anilines is 1. The zero-order valence-electron chi connectivity index (χ0n) is 9.77. The Labute approximate surface area is 109 Å². The van der Waals surface area contributed by atoms with Crippen LogP contribution in [0, 0.1) is 6.92 Å². The van der Waals surface area contributed by atoms with Crippen molar-refractivity contribution >= 4 is 28.4 Å². The molecular weight excluding hydrogens is 248 g/mol. The second-order valence-electron chi connectivity index (χ2n) is 4.18. The van der Waals surface area contributed by atoms with Crippen molar-refractivity contribution in [1.29, 1.82) is 0 Å². The van der Waals surface area contributed by atoms with Crippen LogP contribution in [-0.2, 0) is 0 Å². The first-order chi connectivity index (χ1) is 8.65. The van der Waals surface area contributed by atoms with E-state index in [-0.39, 0.29) is 0 Å². The molecule has 0 aliphatic heterocycles. The number of nitrogens with zero attached hydrogens (tertiary/aromatic N) is 1. The van der Waals surface area contributed by atoms with E-state index < -0.39 is 0 Å². The van der Waals surface area contributed by atoms with Gasteiger partial charge < -0.3 is 10.2 Å². The molecule has 1 heterocycles. The lowest BCUT2D eigenvalue weighted by Gasteiger charge is -2.01. The molecule has 3 rings (SSSR count). The van der Waals surface area contributed by atoms with Crippen LogP contribution in [-0.4, -0.2) is 4.98 Å². The van der Waals surface area contributed by atoms with Crippen molar-refractivity contribution in [3.05, 3.63) is 47.0 Å². The molecule has 1 aromatic heterocycles. The summed E-state index contributed by atoms with van der Waals surface area (Å²) in [6, 6.07) is 11.2. The van der Waals surface area contributed by atoms with E-state index in [4.69, 9.17) is 21.8 Å². The van der Waals surface area contributed by atoms with Gasteiger partial charge in [-0.2, -0.15) is 0 Å². The van der Waals surface area contributed by atoms with Crippen LogP contribution in [0.1, 0.15) is 5.56 Å². The maximum atomic E-state index is 6.06. The fourth-order valence-corrected chi connectivity index (χ4v) is 2.02. The third-order valence-electron chi connectivity index (χ3n) is 2.89. The summed E-state index contributed by atoms with van der Waals surface area (Å²) in [6.45, 7) is 1.96. The van der Waals surface area contributed by atoms with E-state index in [1.54, 1.807) is 6.07 Å². The van der Waals surface area contributed by atoms with Crippen LogP contribution < -0.4 is 5.73 Å². The van der Waals surface area contributed by atoms with Crippen molar-refractivity contribution in [3.8, 4) is 11.5 Å². The number of hydrogen-bond donors (Lipinski definition) is 1. The van der Waals surface area contributed by atoms with Gasteiger partial charge in [0, 0.05) is 11.3 Å². The predicted molar refractivity (Wildman–Crippen MR) is 73.6 cm³/mol. The van der Waals surface area contributed by atoms with E-state index in [0.29, 0.717) is 16.5 Å². The second kappa shape index (κ2) is 4.03. The lowest BCUT2D eigenvalue weighted by molar-refractivity contribution is 0.620. The summed E-state index contributed by atoms with van der Waals surface area (Å²) in [5.41, 5.74) is 9.85. The maximum Gasteiger partial charge on any atom is 0.227 e. The first kappa shape index (κ1) is 11.1. The molecule has 0 spiro atoms. The number of halogens is 1. The highest BCUT2D eigenvalue weighted by atomic mass is 35.5. The smallest absolute Gasteiger partial charge is 0.227 e. The Balaban J connectivity index is 2.19. The quantitative estimate of drug-likeness (QED) is 0.670. The summed E-state index contributed by atoms with van der Waals surface area (Å²) in [5.74, 6) is 0.532. The number of rotatable bonds is 1. The minimum atomic E-state index is 0.532. The molecule has 0 amide bonds. The zero-order chi connectivity index (χ0) is 12.7. The fraction of sp³-hybridized carbons (Fsp3) is 0.0714. The highest BCUT2D eigenvalue weighted by Gasteiger charge is 2.11. The number of aromatic nitrogens is 1. The lowest BCUT2D eigenvalue weighted by atomic mass is 10.1. The van der Waals surface area contributed by atoms with Gasteiger partial charge in [-0.05, 0) is 36.8 Å². The van der Waals surface area contributed by atoms with Crippen molar-refractivity contribution in [1.82, 2.24) is 4.98 Å². The molecule has 3 aromatic rings. The third-order valence-corrected chi connectivity index (χ3v) is 3.19. The van der Waals surface area contributed by atoms with Gasteiger partial charge in [-0.1, -0.05) is 23.7 Å². The molecule has 2 N–H and O–H groups in total. The van der Waals surface area contributed by atoms with Gasteiger partial charge in [0.2, 0.25) is 5.89 Å². The summed E-state index contributed by atoms with van der Waals surface area (Å²) >= 11 is 6.06. The third kappa shape index (κ3) is 1.73. The van der Waals surface area contributed by atoms with Crippen molar-refractivity contribution < 1.29 is 4.42 Å². The van der Waals surface area contributed by atoms with Gasteiger partial charge in [-0.3, -0.25) is 0 Å². The van der Waals surface area contributed by atoms with Gasteiger partial charge in [0.05, 0.1) is 5.02 Å². The summed E-state index contributed by atoms with van der Waals surface area (Å²) in [6.07, 6.45) is 0. The molecule has 0 saturated heterocycles. The number of oxazole rings is 1. The molecule has 0 aliphatic carbocycles. The van der Waals surface area contributed by atoms with Crippen LogP contribution in [0.25, 0.3) is 22.6 Å². The standard InChI is InChI=1S/C14H11ClN2O/c1-8-5-6-9(7-11(8)16)14-17-12-4-2-3-10(15)13(12)18-14/h2-7H,16H2,1H3. The summed E-state index contributed by atoms with van der Waals surface area (Å²) in [7, 11) is 0. The normalized spacial score (nSPS) is 11.0. The molecule has 0 radical (unpaired) electrons. The van der Waals surface area contributed by atoms with Crippen molar-refractivity contribution in [2.75, 3.05) is 5.73 Å². The molecule has 18 heavy (non-hydrogen) atoms. The number of fused-ring (bicyclic) bond motifs is 1. The highest BCUT2D eigenvalue weighted by Crippen LogP contribution is 2.30. The SMILES string of the molecule is Cc1ccc(-c2nc3cccc(Cl)c3o2)cc1N. The van der Waals surface area contributed by atoms with Gasteiger partial charge in [0.15, 0.2) is 5.58 Å². The minimum absolute atomic E-state index is 0.532. The Hall–Kier alpha value is -2.00. The largest absolute Gasteiger partial charge is 0.435 e. The van der Waals surface area contributed by atoms with Crippen LogP contribution in [0.2, 0.25) is 5.02 Å². The molecular formula is C14H11ClN2O. The monoisotopic (exact) mass is 258 g/mol. The highest BCUT2D eigenvalue weighted by molar-refractivity contribution is 6.34. The average Bonchev–Trinajstić information content (AvgIpc) is 2.78. The Morgan fingerprint density at radius 1 is 1.22 bits per heavy atom.